The van der Waals surface area contributed by atoms with Crippen LogP contribution < -0.4 is 0 Å². The van der Waals surface area contributed by atoms with Crippen molar-refractivity contribution in [3.63, 3.8) is 0 Å². The van der Waals surface area contributed by atoms with Crippen molar-refractivity contribution in [2.24, 2.45) is 5.92 Å². The zero-order valence-electron chi connectivity index (χ0n) is 15.6. The van der Waals surface area contributed by atoms with Gasteiger partial charge in [0.15, 0.2) is 0 Å². The highest BCUT2D eigenvalue weighted by molar-refractivity contribution is 6.66. The van der Waals surface area contributed by atoms with E-state index in [4.69, 9.17) is 13.6 Å². The number of hydrogen-bond donors (Lipinski definition) is 0. The number of epoxide rings is 1. The maximum absolute atomic E-state index is 6.33. The molecule has 1 saturated heterocycles. The molecule has 3 unspecified atom stereocenters. The monoisotopic (exact) mass is 342 g/mol. The Morgan fingerprint density at radius 3 is 2.13 bits per heavy atom. The Kier molecular flexibility index (Phi) is 8.59. The van der Waals surface area contributed by atoms with Gasteiger partial charge in [-0.05, 0) is 57.0 Å². The van der Waals surface area contributed by atoms with Crippen molar-refractivity contribution >= 4 is 8.56 Å². The van der Waals surface area contributed by atoms with Crippen molar-refractivity contribution in [1.82, 2.24) is 0 Å². The Labute approximate surface area is 144 Å². The van der Waals surface area contributed by atoms with Gasteiger partial charge in [-0.1, -0.05) is 39.5 Å². The minimum absolute atomic E-state index is 0.595. The first kappa shape index (κ1) is 19.4. The summed E-state index contributed by atoms with van der Waals surface area (Å²) >= 11 is 0. The molecular weight excluding hydrogens is 304 g/mol. The first-order valence-corrected chi connectivity index (χ1v) is 12.6. The van der Waals surface area contributed by atoms with Gasteiger partial charge < -0.3 is 13.6 Å². The molecule has 1 aliphatic heterocycles. The number of unbranched alkanes of at least 4 members (excludes halogenated alkanes) is 4. The van der Waals surface area contributed by atoms with Gasteiger partial charge in [-0.15, -0.1) is 0 Å². The molecule has 0 spiro atoms. The largest absolute Gasteiger partial charge is 0.394 e. The van der Waals surface area contributed by atoms with Crippen molar-refractivity contribution < 1.29 is 13.6 Å². The smallest absolute Gasteiger partial charge is 0.334 e. The molecule has 1 aliphatic carbocycles. The van der Waals surface area contributed by atoms with Gasteiger partial charge in [0.1, 0.15) is 0 Å². The van der Waals surface area contributed by atoms with Gasteiger partial charge in [0, 0.05) is 13.2 Å². The first-order valence-electron chi connectivity index (χ1n) is 10.1. The highest BCUT2D eigenvalue weighted by atomic mass is 28.4. The molecule has 2 aliphatic rings. The average molecular weight is 343 g/mol. The lowest BCUT2D eigenvalue weighted by Gasteiger charge is -2.29. The number of rotatable bonds is 13. The molecule has 2 rings (SSSR count). The van der Waals surface area contributed by atoms with Crippen LogP contribution in [0.4, 0.5) is 0 Å². The Morgan fingerprint density at radius 1 is 0.913 bits per heavy atom. The third-order valence-electron chi connectivity index (χ3n) is 5.43. The molecular formula is C19H38O3Si. The lowest BCUT2D eigenvalue weighted by atomic mass is 9.88. The minimum atomic E-state index is -1.98. The maximum Gasteiger partial charge on any atom is 0.334 e. The Bertz CT molecular complexity index is 312. The molecule has 0 N–H and O–H groups in total. The van der Waals surface area contributed by atoms with Gasteiger partial charge >= 0.3 is 8.56 Å². The van der Waals surface area contributed by atoms with Crippen LogP contribution in [-0.2, 0) is 13.6 Å². The lowest BCUT2D eigenvalue weighted by Crippen LogP contribution is -2.40. The summed E-state index contributed by atoms with van der Waals surface area (Å²) in [5.41, 5.74) is 0. The van der Waals surface area contributed by atoms with Crippen LogP contribution in [0.5, 0.6) is 0 Å². The predicted molar refractivity (Wildman–Crippen MR) is 98.0 cm³/mol. The molecule has 1 heterocycles. The summed E-state index contributed by atoms with van der Waals surface area (Å²) < 4.78 is 18.3. The molecule has 4 heteroatoms. The van der Waals surface area contributed by atoms with E-state index in [1.165, 1.54) is 64.2 Å². The van der Waals surface area contributed by atoms with E-state index in [9.17, 15) is 0 Å². The normalized spacial score (nSPS) is 27.0. The van der Waals surface area contributed by atoms with Gasteiger partial charge in [-0.25, -0.2) is 0 Å². The molecule has 1 saturated carbocycles. The fourth-order valence-corrected chi connectivity index (χ4v) is 6.14. The zero-order chi connectivity index (χ0) is 16.5. The average Bonchev–Trinajstić information content (AvgIpc) is 3.33. The topological polar surface area (TPSA) is 31.0 Å². The van der Waals surface area contributed by atoms with E-state index in [0.29, 0.717) is 12.2 Å². The molecule has 3 atom stereocenters. The molecule has 0 aromatic carbocycles. The van der Waals surface area contributed by atoms with E-state index >= 15 is 0 Å². The second kappa shape index (κ2) is 10.2. The van der Waals surface area contributed by atoms with Crippen LogP contribution in [-0.4, -0.2) is 34.0 Å². The summed E-state index contributed by atoms with van der Waals surface area (Å²) in [5.74, 6) is 0.837. The zero-order valence-corrected chi connectivity index (χ0v) is 16.6. The summed E-state index contributed by atoms with van der Waals surface area (Å²) in [7, 11) is -1.98. The lowest BCUT2D eigenvalue weighted by molar-refractivity contribution is 0.164. The quantitative estimate of drug-likeness (QED) is 0.254. The molecule has 136 valence electrons. The molecule has 2 fully saturated rings. The van der Waals surface area contributed by atoms with Gasteiger partial charge in [0.2, 0.25) is 0 Å². The molecule has 0 amide bonds. The van der Waals surface area contributed by atoms with Crippen molar-refractivity contribution in [3.05, 3.63) is 0 Å². The third-order valence-corrected chi connectivity index (χ3v) is 8.26. The summed E-state index contributed by atoms with van der Waals surface area (Å²) in [5, 5.41) is 0. The van der Waals surface area contributed by atoms with Crippen LogP contribution in [0.1, 0.15) is 78.1 Å². The molecule has 0 aromatic heterocycles. The number of hydrogen-bond acceptors (Lipinski definition) is 3. The van der Waals surface area contributed by atoms with Gasteiger partial charge in [-0.3, -0.25) is 0 Å². The second-order valence-corrected chi connectivity index (χ2v) is 11.0. The number of ether oxygens (including phenoxy) is 1. The van der Waals surface area contributed by atoms with E-state index in [2.05, 4.69) is 20.4 Å². The van der Waals surface area contributed by atoms with E-state index < -0.39 is 8.56 Å². The highest BCUT2D eigenvalue weighted by Crippen LogP contribution is 2.41. The predicted octanol–water partition coefficient (Wildman–Crippen LogP) is 5.43. The standard InChI is InChI=1S/C19H38O3Si/c1-4-6-8-13-20-23(3,21-14-9-7-5-2)15-12-17-10-11-18-19(16-17)22-18/h17-19H,4-16H2,1-3H3. The molecule has 0 radical (unpaired) electrons. The first-order chi connectivity index (χ1) is 11.2. The molecule has 3 nitrogen and oxygen atoms in total. The van der Waals surface area contributed by atoms with Gasteiger partial charge in [-0.2, -0.15) is 0 Å². The fraction of sp³-hybridized carbons (Fsp3) is 1.00. The van der Waals surface area contributed by atoms with E-state index in [1.54, 1.807) is 0 Å². The summed E-state index contributed by atoms with van der Waals surface area (Å²) in [4.78, 5) is 0. The Hall–Kier alpha value is 0.0969. The number of fused-ring (bicyclic) bond motifs is 1. The van der Waals surface area contributed by atoms with Crippen LogP contribution in [0.15, 0.2) is 0 Å². The van der Waals surface area contributed by atoms with Gasteiger partial charge in [0.05, 0.1) is 12.2 Å². The van der Waals surface area contributed by atoms with Crippen LogP contribution in [0.25, 0.3) is 0 Å². The SMILES string of the molecule is CCCCCO[Si](C)(CCC1CCC2OC2C1)OCCCCC. The Balaban J connectivity index is 1.71. The molecule has 0 bridgehead atoms. The van der Waals surface area contributed by atoms with Crippen LogP contribution in [0, 0.1) is 5.92 Å². The molecule has 0 aromatic rings. The second-order valence-electron chi connectivity index (χ2n) is 7.68. The van der Waals surface area contributed by atoms with Crippen LogP contribution in [0.2, 0.25) is 12.6 Å². The molecule has 23 heavy (non-hydrogen) atoms. The van der Waals surface area contributed by atoms with Crippen molar-refractivity contribution in [3.8, 4) is 0 Å². The summed E-state index contributed by atoms with van der Waals surface area (Å²) in [6, 6.07) is 1.16. The Morgan fingerprint density at radius 2 is 1.57 bits per heavy atom. The van der Waals surface area contributed by atoms with E-state index in [1.807, 2.05) is 0 Å². The van der Waals surface area contributed by atoms with Crippen LogP contribution >= 0.6 is 0 Å². The van der Waals surface area contributed by atoms with Gasteiger partial charge in [0.25, 0.3) is 0 Å². The minimum Gasteiger partial charge on any atom is -0.394 e. The third kappa shape index (κ3) is 7.25. The highest BCUT2D eigenvalue weighted by Gasteiger charge is 2.44. The van der Waals surface area contributed by atoms with E-state index in [-0.39, 0.29) is 0 Å². The van der Waals surface area contributed by atoms with Crippen molar-refractivity contribution in [2.75, 3.05) is 13.2 Å². The maximum atomic E-state index is 6.33. The van der Waals surface area contributed by atoms with Crippen molar-refractivity contribution in [2.45, 2.75) is 103 Å². The summed E-state index contributed by atoms with van der Waals surface area (Å²) in [6.07, 6.45) is 13.8. The van der Waals surface area contributed by atoms with Crippen LogP contribution in [0.3, 0.4) is 0 Å². The fourth-order valence-electron chi connectivity index (χ4n) is 3.68. The van der Waals surface area contributed by atoms with E-state index in [0.717, 1.165) is 25.2 Å². The summed E-state index contributed by atoms with van der Waals surface area (Å²) in [6.45, 7) is 8.57. The van der Waals surface area contributed by atoms with Crippen molar-refractivity contribution in [1.29, 1.82) is 0 Å².